The summed E-state index contributed by atoms with van der Waals surface area (Å²) >= 11 is 3.47. The number of ether oxygens (including phenoxy) is 2. The molecule has 2 rings (SSSR count). The number of halogens is 1. The van der Waals surface area contributed by atoms with Gasteiger partial charge in [0.2, 0.25) is 0 Å². The van der Waals surface area contributed by atoms with E-state index < -0.39 is 0 Å². The molecule has 1 aliphatic carbocycles. The third-order valence-corrected chi connectivity index (χ3v) is 3.93. The Morgan fingerprint density at radius 2 is 2.11 bits per heavy atom. The Morgan fingerprint density at radius 1 is 1.33 bits per heavy atom. The Balaban J connectivity index is 2.04. The van der Waals surface area contributed by atoms with Gasteiger partial charge in [-0.05, 0) is 38.3 Å². The third-order valence-electron chi connectivity index (χ3n) is 3.40. The van der Waals surface area contributed by atoms with Crippen molar-refractivity contribution in [1.82, 2.24) is 4.98 Å². The minimum atomic E-state index is 0.256. The molecule has 0 radical (unpaired) electrons. The predicted octanol–water partition coefficient (Wildman–Crippen LogP) is 3.62. The predicted molar refractivity (Wildman–Crippen MR) is 75.3 cm³/mol. The van der Waals surface area contributed by atoms with E-state index in [1.54, 1.807) is 7.11 Å². The summed E-state index contributed by atoms with van der Waals surface area (Å²) < 4.78 is 11.5. The minimum Gasteiger partial charge on any atom is -0.488 e. The summed E-state index contributed by atoms with van der Waals surface area (Å²) in [5, 5.41) is 0.727. The first kappa shape index (κ1) is 13.8. The number of nitrogens with zero attached hydrogens (tertiary/aromatic N) is 1. The summed E-state index contributed by atoms with van der Waals surface area (Å²) in [6.45, 7) is 2.00. The van der Waals surface area contributed by atoms with Gasteiger partial charge in [0.05, 0.1) is 11.8 Å². The van der Waals surface area contributed by atoms with Crippen LogP contribution >= 0.6 is 15.9 Å². The van der Waals surface area contributed by atoms with Crippen molar-refractivity contribution in [2.45, 2.75) is 50.1 Å². The third kappa shape index (κ3) is 3.45. The molecule has 3 nitrogen and oxygen atoms in total. The van der Waals surface area contributed by atoms with Gasteiger partial charge in [0.25, 0.3) is 0 Å². The number of aromatic nitrogens is 1. The van der Waals surface area contributed by atoms with Crippen molar-refractivity contribution in [3.05, 3.63) is 23.5 Å². The summed E-state index contributed by atoms with van der Waals surface area (Å²) in [4.78, 5) is 4.49. The highest BCUT2D eigenvalue weighted by atomic mass is 79.9. The van der Waals surface area contributed by atoms with Crippen LogP contribution in [-0.2, 0) is 10.1 Å². The fourth-order valence-electron chi connectivity index (χ4n) is 2.40. The molecule has 18 heavy (non-hydrogen) atoms. The smallest absolute Gasteiger partial charge is 0.142 e. The fraction of sp³-hybridized carbons (Fsp3) is 0.643. The van der Waals surface area contributed by atoms with Gasteiger partial charge >= 0.3 is 0 Å². The number of alkyl halides is 1. The molecule has 0 amide bonds. The number of rotatable bonds is 4. The molecule has 0 spiro atoms. The van der Waals surface area contributed by atoms with E-state index in [9.17, 15) is 0 Å². The first-order chi connectivity index (χ1) is 8.72. The standard InChI is InChI=1S/C14H20BrNO2/c1-10-6-7-14(13(9-15)16-10)18-12-5-3-4-11(8-12)17-2/h6-7,11-12H,3-5,8-9H2,1-2H3. The van der Waals surface area contributed by atoms with Gasteiger partial charge in [-0.2, -0.15) is 0 Å². The van der Waals surface area contributed by atoms with Crippen molar-refractivity contribution in [2.75, 3.05) is 7.11 Å². The second-order valence-electron chi connectivity index (χ2n) is 4.80. The van der Waals surface area contributed by atoms with Crippen LogP contribution < -0.4 is 4.74 Å². The molecule has 0 aromatic carbocycles. The van der Waals surface area contributed by atoms with Crippen molar-refractivity contribution in [3.63, 3.8) is 0 Å². The SMILES string of the molecule is COC1CCCC(Oc2ccc(C)nc2CBr)C1. The Hall–Kier alpha value is -0.610. The molecule has 1 aromatic heterocycles. The lowest BCUT2D eigenvalue weighted by atomic mass is 9.95. The Kier molecular flexibility index (Phi) is 5.01. The van der Waals surface area contributed by atoms with E-state index in [0.29, 0.717) is 6.10 Å². The highest BCUT2D eigenvalue weighted by Gasteiger charge is 2.23. The van der Waals surface area contributed by atoms with E-state index in [2.05, 4.69) is 20.9 Å². The molecule has 100 valence electrons. The van der Waals surface area contributed by atoms with Crippen LogP contribution in [0.3, 0.4) is 0 Å². The van der Waals surface area contributed by atoms with Crippen LogP contribution in [0.1, 0.15) is 37.1 Å². The molecule has 0 saturated heterocycles. The van der Waals surface area contributed by atoms with Crippen molar-refractivity contribution in [1.29, 1.82) is 0 Å². The number of methoxy groups -OCH3 is 1. The zero-order valence-corrected chi connectivity index (χ0v) is 12.6. The molecular weight excluding hydrogens is 294 g/mol. The second-order valence-corrected chi connectivity index (χ2v) is 5.36. The normalized spacial score (nSPS) is 23.9. The van der Waals surface area contributed by atoms with Crippen molar-refractivity contribution in [3.8, 4) is 5.75 Å². The topological polar surface area (TPSA) is 31.4 Å². The molecule has 1 aliphatic rings. The average molecular weight is 314 g/mol. The first-order valence-electron chi connectivity index (χ1n) is 6.45. The first-order valence-corrected chi connectivity index (χ1v) is 7.57. The molecule has 0 bridgehead atoms. The van der Waals surface area contributed by atoms with Gasteiger partial charge in [0.15, 0.2) is 0 Å². The maximum Gasteiger partial charge on any atom is 0.142 e. The van der Waals surface area contributed by atoms with Crippen LogP contribution in [0, 0.1) is 6.92 Å². The summed E-state index contributed by atoms with van der Waals surface area (Å²) in [5.41, 5.74) is 2.00. The number of pyridine rings is 1. The lowest BCUT2D eigenvalue weighted by Crippen LogP contribution is -2.29. The molecule has 2 atom stereocenters. The van der Waals surface area contributed by atoms with Gasteiger partial charge in [0, 0.05) is 24.6 Å². The Bertz CT molecular complexity index is 397. The zero-order valence-electron chi connectivity index (χ0n) is 11.0. The molecule has 4 heteroatoms. The Morgan fingerprint density at radius 3 is 2.83 bits per heavy atom. The molecule has 0 N–H and O–H groups in total. The van der Waals surface area contributed by atoms with Crippen LogP contribution in [0.25, 0.3) is 0 Å². The number of aryl methyl sites for hydroxylation is 1. The largest absolute Gasteiger partial charge is 0.488 e. The van der Waals surface area contributed by atoms with Crippen LogP contribution in [0.4, 0.5) is 0 Å². The highest BCUT2D eigenvalue weighted by molar-refractivity contribution is 9.08. The Labute approximate surface area is 117 Å². The highest BCUT2D eigenvalue weighted by Crippen LogP contribution is 2.27. The lowest BCUT2D eigenvalue weighted by molar-refractivity contribution is 0.0206. The van der Waals surface area contributed by atoms with E-state index in [1.165, 1.54) is 6.42 Å². The monoisotopic (exact) mass is 313 g/mol. The molecular formula is C14H20BrNO2. The van der Waals surface area contributed by atoms with E-state index in [1.807, 2.05) is 19.1 Å². The van der Waals surface area contributed by atoms with Crippen molar-refractivity contribution < 1.29 is 9.47 Å². The summed E-state index contributed by atoms with van der Waals surface area (Å²) in [6, 6.07) is 4.02. The van der Waals surface area contributed by atoms with Gasteiger partial charge in [-0.3, -0.25) is 4.98 Å². The summed E-state index contributed by atoms with van der Waals surface area (Å²) in [6.07, 6.45) is 5.00. The van der Waals surface area contributed by atoms with Gasteiger partial charge in [-0.15, -0.1) is 0 Å². The summed E-state index contributed by atoms with van der Waals surface area (Å²) in [5.74, 6) is 0.902. The number of hydrogen-bond acceptors (Lipinski definition) is 3. The van der Waals surface area contributed by atoms with Gasteiger partial charge in [-0.1, -0.05) is 15.9 Å². The van der Waals surface area contributed by atoms with Gasteiger partial charge in [0.1, 0.15) is 11.9 Å². The molecule has 1 saturated carbocycles. The maximum absolute atomic E-state index is 6.09. The number of hydrogen-bond donors (Lipinski definition) is 0. The molecule has 1 heterocycles. The van der Waals surface area contributed by atoms with E-state index in [4.69, 9.17) is 9.47 Å². The van der Waals surface area contributed by atoms with Crippen molar-refractivity contribution in [2.24, 2.45) is 0 Å². The maximum atomic E-state index is 6.09. The lowest BCUT2D eigenvalue weighted by Gasteiger charge is -2.29. The van der Waals surface area contributed by atoms with E-state index in [0.717, 1.165) is 41.7 Å². The molecule has 0 aliphatic heterocycles. The van der Waals surface area contributed by atoms with Gasteiger partial charge in [-0.25, -0.2) is 0 Å². The fourth-order valence-corrected chi connectivity index (χ4v) is 2.81. The quantitative estimate of drug-likeness (QED) is 0.796. The van der Waals surface area contributed by atoms with Crippen LogP contribution in [0.5, 0.6) is 5.75 Å². The van der Waals surface area contributed by atoms with Gasteiger partial charge < -0.3 is 9.47 Å². The summed E-state index contributed by atoms with van der Waals surface area (Å²) in [7, 11) is 1.78. The van der Waals surface area contributed by atoms with Crippen LogP contribution in [-0.4, -0.2) is 24.3 Å². The van der Waals surface area contributed by atoms with E-state index in [-0.39, 0.29) is 6.10 Å². The molecule has 1 aromatic rings. The second kappa shape index (κ2) is 6.53. The molecule has 1 fully saturated rings. The minimum absolute atomic E-state index is 0.256. The van der Waals surface area contributed by atoms with Crippen molar-refractivity contribution >= 4 is 15.9 Å². The molecule has 2 unspecified atom stereocenters. The zero-order chi connectivity index (χ0) is 13.0. The van der Waals surface area contributed by atoms with Crippen LogP contribution in [0.15, 0.2) is 12.1 Å². The van der Waals surface area contributed by atoms with E-state index >= 15 is 0 Å². The van der Waals surface area contributed by atoms with Crippen LogP contribution in [0.2, 0.25) is 0 Å². The average Bonchev–Trinajstić information content (AvgIpc) is 2.41.